The highest BCUT2D eigenvalue weighted by atomic mass is 79.9. The number of ketones is 1. The molecule has 7 heteroatoms. The Kier molecular flexibility index (Phi) is 5.82. The van der Waals surface area contributed by atoms with Gasteiger partial charge < -0.3 is 14.7 Å². The van der Waals surface area contributed by atoms with Gasteiger partial charge in [-0.1, -0.05) is 18.6 Å². The molecule has 0 aliphatic carbocycles. The number of fused-ring (bicyclic) bond motifs is 1. The number of thiophene rings is 1. The molecule has 1 fully saturated rings. The van der Waals surface area contributed by atoms with E-state index in [1.54, 1.807) is 0 Å². The van der Waals surface area contributed by atoms with Crippen LogP contribution in [0.2, 0.25) is 0 Å². The number of benzene rings is 1. The molecule has 0 spiro atoms. The monoisotopic (exact) mass is 448 g/mol. The molecule has 5 nitrogen and oxygen atoms in total. The first-order valence-electron chi connectivity index (χ1n) is 9.52. The third-order valence-corrected chi connectivity index (χ3v) is 7.07. The Hall–Kier alpha value is -1.41. The van der Waals surface area contributed by atoms with Gasteiger partial charge in [-0.05, 0) is 66.1 Å². The largest absolute Gasteiger partial charge is 0.336 e. The minimum atomic E-state index is -0.306. The molecule has 2 N–H and O–H groups in total. The maximum Gasteiger partial charge on any atom is 0.192 e. The van der Waals surface area contributed by atoms with Gasteiger partial charge in [0.25, 0.3) is 0 Å². The van der Waals surface area contributed by atoms with E-state index in [-0.39, 0.29) is 12.1 Å². The van der Waals surface area contributed by atoms with Crippen molar-refractivity contribution < 1.29 is 4.79 Å². The van der Waals surface area contributed by atoms with Crippen LogP contribution >= 0.6 is 27.3 Å². The highest BCUT2D eigenvalue weighted by molar-refractivity contribution is 9.11. The molecule has 1 aromatic carbocycles. The van der Waals surface area contributed by atoms with Crippen molar-refractivity contribution in [3.8, 4) is 0 Å². The molecule has 4 rings (SSSR count). The van der Waals surface area contributed by atoms with Crippen LogP contribution in [-0.2, 0) is 0 Å². The van der Waals surface area contributed by atoms with Crippen molar-refractivity contribution in [2.45, 2.75) is 25.6 Å². The third kappa shape index (κ3) is 4.06. The Bertz CT molecular complexity index is 805. The molecule has 2 aromatic rings. The summed E-state index contributed by atoms with van der Waals surface area (Å²) in [6.07, 6.45) is 3.62. The van der Waals surface area contributed by atoms with E-state index in [1.165, 1.54) is 43.7 Å². The highest BCUT2D eigenvalue weighted by Crippen LogP contribution is 2.38. The van der Waals surface area contributed by atoms with Gasteiger partial charge in [-0.2, -0.15) is 0 Å². The summed E-state index contributed by atoms with van der Waals surface area (Å²) in [5.74, 6) is 0.105. The van der Waals surface area contributed by atoms with Crippen molar-refractivity contribution in [1.29, 1.82) is 0 Å². The van der Waals surface area contributed by atoms with Crippen LogP contribution in [0.15, 0.2) is 40.2 Å². The number of para-hydroxylation sites is 2. The quantitative estimate of drug-likeness (QED) is 0.681. The summed E-state index contributed by atoms with van der Waals surface area (Å²) in [7, 11) is 0. The van der Waals surface area contributed by atoms with Crippen molar-refractivity contribution in [3.05, 3.63) is 45.1 Å². The van der Waals surface area contributed by atoms with Gasteiger partial charge in [-0.15, -0.1) is 11.3 Å². The molecule has 1 saturated heterocycles. The van der Waals surface area contributed by atoms with Crippen molar-refractivity contribution in [2.75, 3.05) is 42.5 Å². The molecule has 0 saturated carbocycles. The van der Waals surface area contributed by atoms with E-state index in [0.717, 1.165) is 33.1 Å². The second kappa shape index (κ2) is 8.31. The number of rotatable bonds is 6. The van der Waals surface area contributed by atoms with Crippen LogP contribution in [0.4, 0.5) is 11.4 Å². The van der Waals surface area contributed by atoms with Crippen molar-refractivity contribution >= 4 is 44.4 Å². The lowest BCUT2D eigenvalue weighted by molar-refractivity contribution is 0.100. The Labute approximate surface area is 172 Å². The van der Waals surface area contributed by atoms with Gasteiger partial charge in [0.05, 0.1) is 26.6 Å². The van der Waals surface area contributed by atoms with E-state index in [0.29, 0.717) is 6.54 Å². The van der Waals surface area contributed by atoms with Crippen LogP contribution in [-0.4, -0.2) is 49.7 Å². The maximum absolute atomic E-state index is 12.7. The minimum absolute atomic E-state index is 0.105. The predicted octanol–water partition coefficient (Wildman–Crippen LogP) is 3.75. The SMILES string of the molecule is NC1N(CCN2CCCCC2)c2ccccc2N1CC(=O)c1ccc(Br)s1. The standard InChI is InChI=1S/C20H25BrN4OS/c21-19-9-8-18(27-19)17(26)14-25-16-7-3-2-6-15(16)24(20(25)22)13-12-23-10-4-1-5-11-23/h2-3,6-9,20H,1,4-5,10-14,22H2. The van der Waals surface area contributed by atoms with Crippen LogP contribution in [0.1, 0.15) is 28.9 Å². The predicted molar refractivity (Wildman–Crippen MR) is 116 cm³/mol. The molecular formula is C20H25BrN4OS. The molecule has 144 valence electrons. The number of piperidine rings is 1. The zero-order valence-electron chi connectivity index (χ0n) is 15.3. The Morgan fingerprint density at radius 1 is 1.04 bits per heavy atom. The fourth-order valence-corrected chi connectivity index (χ4v) is 5.28. The average molecular weight is 449 g/mol. The summed E-state index contributed by atoms with van der Waals surface area (Å²) in [6, 6.07) is 12.0. The van der Waals surface area contributed by atoms with Crippen LogP contribution in [0.3, 0.4) is 0 Å². The zero-order valence-corrected chi connectivity index (χ0v) is 17.7. The van der Waals surface area contributed by atoms with Gasteiger partial charge in [0.15, 0.2) is 12.1 Å². The number of hydrogen-bond donors (Lipinski definition) is 1. The molecule has 2 aliphatic heterocycles. The van der Waals surface area contributed by atoms with Gasteiger partial charge in [-0.3, -0.25) is 10.5 Å². The molecule has 1 unspecified atom stereocenters. The van der Waals surface area contributed by atoms with Crippen molar-refractivity contribution in [2.24, 2.45) is 5.73 Å². The number of Topliss-reactive ketones (excluding diaryl/α,β-unsaturated/α-hetero) is 1. The number of halogens is 1. The lowest BCUT2D eigenvalue weighted by Crippen LogP contribution is -2.53. The van der Waals surface area contributed by atoms with Crippen molar-refractivity contribution in [1.82, 2.24) is 4.90 Å². The fourth-order valence-electron chi connectivity index (χ4n) is 3.96. The van der Waals surface area contributed by atoms with Crippen LogP contribution in [0.5, 0.6) is 0 Å². The average Bonchev–Trinajstić information content (AvgIpc) is 3.23. The summed E-state index contributed by atoms with van der Waals surface area (Å²) in [6.45, 7) is 4.56. The molecule has 27 heavy (non-hydrogen) atoms. The van der Waals surface area contributed by atoms with E-state index in [4.69, 9.17) is 5.73 Å². The minimum Gasteiger partial charge on any atom is -0.336 e. The highest BCUT2D eigenvalue weighted by Gasteiger charge is 2.34. The summed E-state index contributed by atoms with van der Waals surface area (Å²) < 4.78 is 0.972. The fraction of sp³-hybridized carbons (Fsp3) is 0.450. The normalized spacial score (nSPS) is 20.1. The van der Waals surface area contributed by atoms with Gasteiger partial charge in [0, 0.05) is 13.1 Å². The van der Waals surface area contributed by atoms with Crippen LogP contribution in [0, 0.1) is 0 Å². The van der Waals surface area contributed by atoms with E-state index in [1.807, 2.05) is 29.2 Å². The topological polar surface area (TPSA) is 52.8 Å². The second-order valence-electron chi connectivity index (χ2n) is 7.15. The van der Waals surface area contributed by atoms with E-state index >= 15 is 0 Å². The second-order valence-corrected chi connectivity index (χ2v) is 9.62. The lowest BCUT2D eigenvalue weighted by Gasteiger charge is -2.32. The lowest BCUT2D eigenvalue weighted by atomic mass is 10.1. The summed E-state index contributed by atoms with van der Waals surface area (Å²) in [5, 5.41) is 0. The van der Waals surface area contributed by atoms with Gasteiger partial charge in [0.1, 0.15) is 0 Å². The molecule has 0 bridgehead atoms. The van der Waals surface area contributed by atoms with E-state index in [9.17, 15) is 4.79 Å². The first-order chi connectivity index (χ1) is 13.1. The van der Waals surface area contributed by atoms with Crippen LogP contribution in [0.25, 0.3) is 0 Å². The number of nitrogens with zero attached hydrogens (tertiary/aromatic N) is 3. The molecular weight excluding hydrogens is 424 g/mol. The number of carbonyl (C=O) groups excluding carboxylic acids is 1. The van der Waals surface area contributed by atoms with E-state index < -0.39 is 0 Å². The molecule has 3 heterocycles. The zero-order chi connectivity index (χ0) is 18.8. The summed E-state index contributed by atoms with van der Waals surface area (Å²) in [5.41, 5.74) is 8.77. The van der Waals surface area contributed by atoms with Crippen molar-refractivity contribution in [3.63, 3.8) is 0 Å². The molecule has 1 aromatic heterocycles. The number of nitrogens with two attached hydrogens (primary N) is 1. The van der Waals surface area contributed by atoms with Gasteiger partial charge in [-0.25, -0.2) is 0 Å². The maximum atomic E-state index is 12.7. The van der Waals surface area contributed by atoms with E-state index in [2.05, 4.69) is 37.9 Å². The molecule has 2 aliphatic rings. The summed E-state index contributed by atoms with van der Waals surface area (Å²) in [4.78, 5) is 20.3. The van der Waals surface area contributed by atoms with Crippen LogP contribution < -0.4 is 15.5 Å². The smallest absolute Gasteiger partial charge is 0.192 e. The molecule has 0 amide bonds. The Morgan fingerprint density at radius 3 is 2.41 bits per heavy atom. The first kappa shape index (κ1) is 18.9. The molecule has 1 atom stereocenters. The molecule has 0 radical (unpaired) electrons. The number of carbonyl (C=O) groups is 1. The Morgan fingerprint density at radius 2 is 1.74 bits per heavy atom. The van der Waals surface area contributed by atoms with Gasteiger partial charge >= 0.3 is 0 Å². The Balaban J connectivity index is 1.48. The number of anilines is 2. The summed E-state index contributed by atoms with van der Waals surface area (Å²) >= 11 is 4.90. The van der Waals surface area contributed by atoms with Gasteiger partial charge in [0.2, 0.25) is 0 Å². The number of likely N-dealkylation sites (tertiary alicyclic amines) is 1. The third-order valence-electron chi connectivity index (χ3n) is 5.41. The number of hydrogen-bond acceptors (Lipinski definition) is 6. The first-order valence-corrected chi connectivity index (χ1v) is 11.1.